The molecule has 2 saturated heterocycles. The first-order valence-corrected chi connectivity index (χ1v) is 18.2. The number of benzene rings is 2. The standard InChI is InChI=1S/C17H24N2O4.C12H21NO4.C6H7BO2.2C2H4O2.Cu/c1-17(2,3)23-16(21)19-11-10-18(12-14(19)15(20)22-4)13-8-6-5-7-9-13;1-12(2,3)17-11(15)13-8-6-5-7-9(13)10(14)16-4;8-7(9)6-4-2-1-3-5-6;2*1-2(3)4;/h5-9,14H,10-12H2,1-4H3;9H,5-8H2,1-4H3;1-5,8-9H;2*1H3,(H,3,4);/t14-;9-;;;;/m00..../s1. The minimum absolute atomic E-state index is 0. The molecule has 1 radical (unpaired) electrons. The van der Waals surface area contributed by atoms with Crippen LogP contribution in [0.1, 0.15) is 74.7 Å². The van der Waals surface area contributed by atoms with Crippen LogP contribution in [0, 0.1) is 0 Å². The molecule has 0 spiro atoms. The van der Waals surface area contributed by atoms with E-state index in [1.165, 1.54) is 24.0 Å². The molecule has 4 rings (SSSR count). The van der Waals surface area contributed by atoms with Crippen molar-refractivity contribution in [3.8, 4) is 0 Å². The number of para-hydroxylation sites is 1. The maximum Gasteiger partial charge on any atom is 0.488 e. The van der Waals surface area contributed by atoms with E-state index in [-0.39, 0.29) is 23.0 Å². The summed E-state index contributed by atoms with van der Waals surface area (Å²) in [5, 5.41) is 32.0. The van der Waals surface area contributed by atoms with Gasteiger partial charge in [0.1, 0.15) is 17.2 Å². The third kappa shape index (κ3) is 24.1. The van der Waals surface area contributed by atoms with Gasteiger partial charge in [0.05, 0.1) is 14.2 Å². The third-order valence-corrected chi connectivity index (χ3v) is 7.30. The molecule has 2 atom stereocenters. The van der Waals surface area contributed by atoms with E-state index in [1.54, 1.807) is 45.0 Å². The van der Waals surface area contributed by atoms with E-state index in [2.05, 4.69) is 4.90 Å². The third-order valence-electron chi connectivity index (χ3n) is 7.30. The van der Waals surface area contributed by atoms with Gasteiger partial charge in [-0.1, -0.05) is 48.5 Å². The van der Waals surface area contributed by atoms with Gasteiger partial charge in [0, 0.05) is 62.8 Å². The molecule has 2 aliphatic heterocycles. The Labute approximate surface area is 352 Å². The number of carbonyl (C=O) groups excluding carboxylic acids is 4. The van der Waals surface area contributed by atoms with E-state index < -0.39 is 60.5 Å². The van der Waals surface area contributed by atoms with Crippen molar-refractivity contribution in [1.82, 2.24) is 9.80 Å². The maximum atomic E-state index is 12.4. The molecule has 2 aliphatic rings. The average Bonchev–Trinajstić information content (AvgIpc) is 3.13. The number of likely N-dealkylation sites (tertiary alicyclic amines) is 1. The second-order valence-electron chi connectivity index (χ2n) is 14.5. The summed E-state index contributed by atoms with van der Waals surface area (Å²) in [6.07, 6.45) is 1.55. The van der Waals surface area contributed by atoms with Gasteiger partial charge in [0.2, 0.25) is 0 Å². The first-order chi connectivity index (χ1) is 26.4. The van der Waals surface area contributed by atoms with Crippen LogP contribution in [0.3, 0.4) is 0 Å². The van der Waals surface area contributed by atoms with Crippen LogP contribution in [0.25, 0.3) is 0 Å². The molecule has 2 aromatic carbocycles. The van der Waals surface area contributed by atoms with E-state index in [9.17, 15) is 19.2 Å². The van der Waals surface area contributed by atoms with Gasteiger partial charge < -0.3 is 44.1 Å². The van der Waals surface area contributed by atoms with Crippen LogP contribution in [0.15, 0.2) is 60.7 Å². The molecule has 2 aromatic rings. The van der Waals surface area contributed by atoms with Crippen molar-refractivity contribution in [1.29, 1.82) is 0 Å². The molecular weight excluding hydrogens is 809 g/mol. The summed E-state index contributed by atoms with van der Waals surface area (Å²) >= 11 is 0. The van der Waals surface area contributed by atoms with Crippen molar-refractivity contribution in [2.75, 3.05) is 45.3 Å². The van der Waals surface area contributed by atoms with Gasteiger partial charge in [-0.2, -0.15) is 0 Å². The number of carbonyl (C=O) groups is 6. The quantitative estimate of drug-likeness (QED) is 0.195. The van der Waals surface area contributed by atoms with Crippen molar-refractivity contribution in [3.63, 3.8) is 0 Å². The molecule has 0 unspecified atom stereocenters. The summed E-state index contributed by atoms with van der Waals surface area (Å²) < 4.78 is 20.3. The van der Waals surface area contributed by atoms with E-state index in [0.717, 1.165) is 32.4 Å². The maximum absolute atomic E-state index is 12.4. The summed E-state index contributed by atoms with van der Waals surface area (Å²) in [6, 6.07) is 17.3. The minimum atomic E-state index is -1.34. The number of carboxylic acid groups (broad SMARTS) is 2. The molecule has 2 amide bonds. The Morgan fingerprint density at radius 3 is 1.41 bits per heavy atom. The van der Waals surface area contributed by atoms with Gasteiger partial charge in [-0.15, -0.1) is 0 Å². The Kier molecular flexibility index (Phi) is 26.4. The van der Waals surface area contributed by atoms with E-state index >= 15 is 0 Å². The molecule has 17 nitrogen and oxygen atoms in total. The first kappa shape index (κ1) is 55.3. The zero-order valence-corrected chi connectivity index (χ0v) is 35.9. The molecule has 19 heteroatoms. The number of ether oxygens (including phenoxy) is 4. The number of anilines is 1. The van der Waals surface area contributed by atoms with Crippen LogP contribution in [0.2, 0.25) is 0 Å². The van der Waals surface area contributed by atoms with E-state index in [1.807, 2.05) is 57.2 Å². The largest absolute Gasteiger partial charge is 0.488 e. The van der Waals surface area contributed by atoms with Crippen LogP contribution in [-0.2, 0) is 55.2 Å². The number of rotatable bonds is 4. The summed E-state index contributed by atoms with van der Waals surface area (Å²) in [4.78, 5) is 71.0. The van der Waals surface area contributed by atoms with Crippen molar-refractivity contribution >= 4 is 54.3 Å². The Morgan fingerprint density at radius 1 is 0.638 bits per heavy atom. The molecule has 0 saturated carbocycles. The minimum Gasteiger partial charge on any atom is -0.481 e. The molecule has 2 fully saturated rings. The van der Waals surface area contributed by atoms with Crippen LogP contribution in [-0.4, -0.2) is 137 Å². The molecule has 0 aromatic heterocycles. The van der Waals surface area contributed by atoms with Gasteiger partial charge in [-0.05, 0) is 78.4 Å². The predicted molar refractivity (Wildman–Crippen MR) is 213 cm³/mol. The first-order valence-electron chi connectivity index (χ1n) is 18.2. The normalized spacial score (nSPS) is 15.8. The molecule has 0 bridgehead atoms. The number of carboxylic acids is 2. The number of amides is 2. The Hall–Kier alpha value is -4.84. The summed E-state index contributed by atoms with van der Waals surface area (Å²) in [6.45, 7) is 15.0. The van der Waals surface area contributed by atoms with Gasteiger partial charge in [-0.3, -0.25) is 19.4 Å². The SMILES string of the molecule is CC(=O)O.CC(=O)O.COC(=O)[C@@H]1CCCCN1C(=O)OC(C)(C)C.COC(=O)[C@@H]1CN(c2ccccc2)CCN1C(=O)OC(C)(C)C.OB(O)c1ccccc1.[Cu]. The number of piperazine rings is 1. The van der Waals surface area contributed by atoms with Crippen LogP contribution in [0.5, 0.6) is 0 Å². The van der Waals surface area contributed by atoms with E-state index in [4.69, 9.17) is 48.8 Å². The number of methoxy groups -OCH3 is 2. The summed E-state index contributed by atoms with van der Waals surface area (Å²) in [5.41, 5.74) is 0.395. The zero-order valence-electron chi connectivity index (χ0n) is 35.0. The second kappa shape index (κ2) is 27.7. The number of hydrogen-bond acceptors (Lipinski definition) is 13. The number of piperidine rings is 1. The topological polar surface area (TPSA) is 230 Å². The van der Waals surface area contributed by atoms with Gasteiger partial charge in [0.25, 0.3) is 11.9 Å². The number of nitrogens with zero attached hydrogens (tertiary/aromatic N) is 3. The van der Waals surface area contributed by atoms with Crippen LogP contribution < -0.4 is 10.4 Å². The molecule has 329 valence electrons. The fourth-order valence-corrected chi connectivity index (χ4v) is 5.01. The van der Waals surface area contributed by atoms with Crippen molar-refractivity contribution in [2.45, 2.75) is 97.9 Å². The van der Waals surface area contributed by atoms with Gasteiger partial charge in [0.15, 0.2) is 6.04 Å². The fourth-order valence-electron chi connectivity index (χ4n) is 5.01. The molecule has 4 N–H and O–H groups in total. The average molecular weight is 869 g/mol. The zero-order chi connectivity index (χ0) is 43.9. The Balaban J connectivity index is 0. The monoisotopic (exact) mass is 868 g/mol. The van der Waals surface area contributed by atoms with Crippen LogP contribution in [0.4, 0.5) is 15.3 Å². The van der Waals surface area contributed by atoms with Crippen LogP contribution >= 0.6 is 0 Å². The Bertz CT molecular complexity index is 1520. The molecular formula is C39H60BCuN3O14. The number of aliphatic carboxylic acids is 2. The Morgan fingerprint density at radius 2 is 1.03 bits per heavy atom. The van der Waals surface area contributed by atoms with Crippen molar-refractivity contribution < 1.29 is 85.0 Å². The van der Waals surface area contributed by atoms with E-state index in [0.29, 0.717) is 38.1 Å². The molecule has 0 aliphatic carbocycles. The molecule has 58 heavy (non-hydrogen) atoms. The summed E-state index contributed by atoms with van der Waals surface area (Å²) in [7, 11) is 1.33. The molecule has 2 heterocycles. The van der Waals surface area contributed by atoms with Gasteiger partial charge in [-0.25, -0.2) is 19.2 Å². The van der Waals surface area contributed by atoms with Gasteiger partial charge >= 0.3 is 31.2 Å². The number of esters is 2. The summed E-state index contributed by atoms with van der Waals surface area (Å²) in [5.74, 6) is -2.47. The fraction of sp³-hybridized carbons (Fsp3) is 0.538. The van der Waals surface area contributed by atoms with Crippen molar-refractivity contribution in [2.24, 2.45) is 0 Å². The number of hydrogen-bond donors (Lipinski definition) is 4. The predicted octanol–water partition coefficient (Wildman–Crippen LogP) is 3.78. The second-order valence-corrected chi connectivity index (χ2v) is 14.5. The smallest absolute Gasteiger partial charge is 0.481 e. The van der Waals surface area contributed by atoms with Crippen molar-refractivity contribution in [3.05, 3.63) is 60.7 Å².